The summed E-state index contributed by atoms with van der Waals surface area (Å²) in [5, 5.41) is 11.3. The molecule has 24 heavy (non-hydrogen) atoms. The molecule has 6 nitrogen and oxygen atoms in total. The number of carbonyl (C=O) groups is 1. The van der Waals surface area contributed by atoms with Crippen molar-refractivity contribution in [3.05, 3.63) is 59.7 Å². The Hall–Kier alpha value is -2.85. The number of nitrogens with one attached hydrogen (secondary N) is 1. The first-order valence-electron chi connectivity index (χ1n) is 7.05. The monoisotopic (exact) mass is 344 g/mol. The van der Waals surface area contributed by atoms with Crippen LogP contribution in [0.1, 0.15) is 11.1 Å². The van der Waals surface area contributed by atoms with Crippen LogP contribution in [0.4, 0.5) is 5.69 Å². The van der Waals surface area contributed by atoms with Gasteiger partial charge in [-0.2, -0.15) is 5.26 Å². The molecule has 0 aliphatic carbocycles. The third kappa shape index (κ3) is 5.11. The second-order valence-corrected chi connectivity index (χ2v) is 7.18. The molecule has 0 bridgehead atoms. The molecule has 0 radical (unpaired) electrons. The molecule has 0 saturated carbocycles. The Labute approximate surface area is 140 Å². The fourth-order valence-electron chi connectivity index (χ4n) is 2.05. The molecule has 0 unspecified atom stereocenters. The summed E-state index contributed by atoms with van der Waals surface area (Å²) >= 11 is 0. The van der Waals surface area contributed by atoms with Crippen LogP contribution in [-0.2, 0) is 20.4 Å². The van der Waals surface area contributed by atoms with Crippen molar-refractivity contribution in [2.75, 3.05) is 18.2 Å². The number of ether oxygens (including phenoxy) is 1. The molecule has 124 valence electrons. The summed E-state index contributed by atoms with van der Waals surface area (Å²) in [6.45, 7) is 0. The number of carbonyl (C=O) groups excluding carboxylic acids is 1. The molecule has 0 atom stereocenters. The van der Waals surface area contributed by atoms with Crippen LogP contribution in [0.2, 0.25) is 0 Å². The van der Waals surface area contributed by atoms with Crippen LogP contribution < -0.4 is 10.1 Å². The van der Waals surface area contributed by atoms with Crippen molar-refractivity contribution >= 4 is 21.4 Å². The molecule has 0 aromatic heterocycles. The molecule has 2 aromatic carbocycles. The average Bonchev–Trinajstić information content (AvgIpc) is 2.55. The van der Waals surface area contributed by atoms with Gasteiger partial charge in [0.1, 0.15) is 11.5 Å². The zero-order valence-electron chi connectivity index (χ0n) is 13.0. The number of anilines is 1. The van der Waals surface area contributed by atoms with Crippen LogP contribution >= 0.6 is 0 Å². The summed E-state index contributed by atoms with van der Waals surface area (Å²) in [7, 11) is -2.07. The van der Waals surface area contributed by atoms with E-state index in [1.165, 1.54) is 7.11 Å². The van der Waals surface area contributed by atoms with Crippen LogP contribution in [-0.4, -0.2) is 27.2 Å². The summed E-state index contributed by atoms with van der Waals surface area (Å²) < 4.78 is 29.2. The largest absolute Gasteiger partial charge is 0.497 e. The highest BCUT2D eigenvalue weighted by molar-refractivity contribution is 7.91. The maximum Gasteiger partial charge on any atom is 0.239 e. The van der Waals surface area contributed by atoms with Crippen molar-refractivity contribution in [1.82, 2.24) is 0 Å². The van der Waals surface area contributed by atoms with Crippen LogP contribution in [0.15, 0.2) is 48.5 Å². The smallest absolute Gasteiger partial charge is 0.239 e. The summed E-state index contributed by atoms with van der Waals surface area (Å²) in [6.07, 6.45) is 0. The molecule has 0 heterocycles. The number of amides is 1. The SMILES string of the molecule is COc1ccc(NC(=O)CS(=O)(=O)Cc2ccc(C#N)cc2)cc1. The van der Waals surface area contributed by atoms with Gasteiger partial charge in [0.2, 0.25) is 5.91 Å². The van der Waals surface area contributed by atoms with Gasteiger partial charge in [-0.15, -0.1) is 0 Å². The van der Waals surface area contributed by atoms with Crippen LogP contribution in [0.5, 0.6) is 5.75 Å². The Kier molecular flexibility index (Phi) is 5.55. The number of sulfone groups is 1. The van der Waals surface area contributed by atoms with Gasteiger partial charge >= 0.3 is 0 Å². The predicted molar refractivity (Wildman–Crippen MR) is 90.3 cm³/mol. The van der Waals surface area contributed by atoms with Gasteiger partial charge in [-0.1, -0.05) is 12.1 Å². The third-order valence-corrected chi connectivity index (χ3v) is 4.67. The van der Waals surface area contributed by atoms with Crippen LogP contribution in [0.3, 0.4) is 0 Å². The van der Waals surface area contributed by atoms with Gasteiger partial charge in [0.05, 0.1) is 24.5 Å². The molecule has 1 N–H and O–H groups in total. The first-order valence-corrected chi connectivity index (χ1v) is 8.87. The molecule has 0 aliphatic heterocycles. The quantitative estimate of drug-likeness (QED) is 0.866. The number of hydrogen-bond acceptors (Lipinski definition) is 5. The predicted octanol–water partition coefficient (Wildman–Crippen LogP) is 2.12. The maximum atomic E-state index is 12.1. The van der Waals surface area contributed by atoms with E-state index < -0.39 is 21.5 Å². The van der Waals surface area contributed by atoms with E-state index in [2.05, 4.69) is 5.32 Å². The minimum atomic E-state index is -3.61. The molecule has 0 fully saturated rings. The number of methoxy groups -OCH3 is 1. The van der Waals surface area contributed by atoms with Crippen molar-refractivity contribution < 1.29 is 17.9 Å². The highest BCUT2D eigenvalue weighted by atomic mass is 32.2. The molecule has 0 spiro atoms. The first-order chi connectivity index (χ1) is 11.4. The lowest BCUT2D eigenvalue weighted by Gasteiger charge is -2.07. The van der Waals surface area contributed by atoms with E-state index in [-0.39, 0.29) is 5.75 Å². The molecule has 0 saturated heterocycles. The highest BCUT2D eigenvalue weighted by Crippen LogP contribution is 2.15. The molecular weight excluding hydrogens is 328 g/mol. The van der Waals surface area contributed by atoms with Gasteiger partial charge in [-0.3, -0.25) is 4.79 Å². The van der Waals surface area contributed by atoms with Gasteiger partial charge in [-0.25, -0.2) is 8.42 Å². The maximum absolute atomic E-state index is 12.1. The number of nitriles is 1. The lowest BCUT2D eigenvalue weighted by atomic mass is 10.2. The standard InChI is InChI=1S/C17H16N2O4S/c1-23-16-8-6-15(7-9-16)19-17(20)12-24(21,22)11-14-4-2-13(10-18)3-5-14/h2-9H,11-12H2,1H3,(H,19,20). The lowest BCUT2D eigenvalue weighted by molar-refractivity contribution is -0.113. The number of rotatable bonds is 6. The van der Waals surface area contributed by atoms with Gasteiger partial charge in [0.25, 0.3) is 0 Å². The molecule has 1 amide bonds. The summed E-state index contributed by atoms with van der Waals surface area (Å²) in [5.41, 5.74) is 1.48. The van der Waals surface area contributed by atoms with Gasteiger partial charge in [0, 0.05) is 5.69 Å². The molecular formula is C17H16N2O4S. The van der Waals surface area contributed by atoms with Crippen molar-refractivity contribution in [2.45, 2.75) is 5.75 Å². The Morgan fingerprint density at radius 1 is 1.12 bits per heavy atom. The minimum Gasteiger partial charge on any atom is -0.497 e. The van der Waals surface area contributed by atoms with E-state index >= 15 is 0 Å². The fraction of sp³-hybridized carbons (Fsp3) is 0.176. The van der Waals surface area contributed by atoms with E-state index in [0.29, 0.717) is 22.6 Å². The number of benzene rings is 2. The van der Waals surface area contributed by atoms with Crippen LogP contribution in [0, 0.1) is 11.3 Å². The molecule has 2 rings (SSSR count). The van der Waals surface area contributed by atoms with E-state index in [1.807, 2.05) is 6.07 Å². The lowest BCUT2D eigenvalue weighted by Crippen LogP contribution is -2.23. The zero-order valence-corrected chi connectivity index (χ0v) is 13.8. The normalized spacial score (nSPS) is 10.7. The fourth-order valence-corrected chi connectivity index (χ4v) is 3.33. The third-order valence-electron chi connectivity index (χ3n) is 3.19. The second-order valence-electron chi connectivity index (χ2n) is 5.12. The van der Waals surface area contributed by atoms with Gasteiger partial charge in [-0.05, 0) is 42.0 Å². The Morgan fingerprint density at radius 2 is 1.75 bits per heavy atom. The summed E-state index contributed by atoms with van der Waals surface area (Å²) in [6, 6.07) is 14.8. The van der Waals surface area contributed by atoms with Crippen LogP contribution in [0.25, 0.3) is 0 Å². The van der Waals surface area contributed by atoms with Gasteiger partial charge in [0.15, 0.2) is 9.84 Å². The minimum absolute atomic E-state index is 0.255. The first kappa shape index (κ1) is 17.5. The summed E-state index contributed by atoms with van der Waals surface area (Å²) in [5.74, 6) is -0.830. The second kappa shape index (κ2) is 7.62. The number of hydrogen-bond donors (Lipinski definition) is 1. The van der Waals surface area contributed by atoms with E-state index in [4.69, 9.17) is 10.00 Å². The zero-order chi connectivity index (χ0) is 17.6. The van der Waals surface area contributed by atoms with E-state index in [9.17, 15) is 13.2 Å². The van der Waals surface area contributed by atoms with Crippen molar-refractivity contribution in [2.24, 2.45) is 0 Å². The summed E-state index contributed by atoms with van der Waals surface area (Å²) in [4.78, 5) is 11.9. The van der Waals surface area contributed by atoms with E-state index in [1.54, 1.807) is 48.5 Å². The molecule has 0 aliphatic rings. The van der Waals surface area contributed by atoms with Crippen molar-refractivity contribution in [1.29, 1.82) is 5.26 Å². The van der Waals surface area contributed by atoms with Gasteiger partial charge < -0.3 is 10.1 Å². The number of nitrogens with zero attached hydrogens (tertiary/aromatic N) is 1. The van der Waals surface area contributed by atoms with Crippen molar-refractivity contribution in [3.63, 3.8) is 0 Å². The molecule has 7 heteroatoms. The Morgan fingerprint density at radius 3 is 2.29 bits per heavy atom. The average molecular weight is 344 g/mol. The highest BCUT2D eigenvalue weighted by Gasteiger charge is 2.17. The Balaban J connectivity index is 1.96. The topological polar surface area (TPSA) is 96.3 Å². The van der Waals surface area contributed by atoms with E-state index in [0.717, 1.165) is 0 Å². The van der Waals surface area contributed by atoms with Crippen molar-refractivity contribution in [3.8, 4) is 11.8 Å². The molecule has 2 aromatic rings. The Bertz CT molecular complexity index is 851.